The van der Waals surface area contributed by atoms with Crippen LogP contribution in [-0.4, -0.2) is 66.1 Å². The Kier molecular flexibility index (Phi) is 14.0. The molecule has 0 bridgehead atoms. The van der Waals surface area contributed by atoms with E-state index < -0.39 is 47.8 Å². The van der Waals surface area contributed by atoms with Crippen LogP contribution in [-0.2, 0) is 39.9 Å². The molecule has 0 saturated heterocycles. The van der Waals surface area contributed by atoms with Crippen LogP contribution in [0.4, 0.5) is 9.59 Å². The predicted molar refractivity (Wildman–Crippen MR) is 135 cm³/mol. The van der Waals surface area contributed by atoms with E-state index in [9.17, 15) is 24.0 Å². The van der Waals surface area contributed by atoms with Crippen molar-refractivity contribution in [1.29, 1.82) is 0 Å². The smallest absolute Gasteiger partial charge is 0.408 e. The zero-order chi connectivity index (χ0) is 28.6. The Bertz CT molecular complexity index is 943. The quantitative estimate of drug-likeness (QED) is 0.131. The van der Waals surface area contributed by atoms with Gasteiger partial charge in [-0.1, -0.05) is 36.4 Å². The Morgan fingerprint density at radius 1 is 0.921 bits per heavy atom. The van der Waals surface area contributed by atoms with Crippen molar-refractivity contribution in [2.45, 2.75) is 70.7 Å². The third-order valence-electron chi connectivity index (χ3n) is 4.59. The van der Waals surface area contributed by atoms with Crippen molar-refractivity contribution in [3.63, 3.8) is 0 Å². The second kappa shape index (κ2) is 16.6. The van der Waals surface area contributed by atoms with Crippen LogP contribution in [0.5, 0.6) is 0 Å². The van der Waals surface area contributed by atoms with Crippen LogP contribution in [0.1, 0.15) is 52.0 Å². The predicted octanol–water partition coefficient (Wildman–Crippen LogP) is 3.09. The van der Waals surface area contributed by atoms with Crippen molar-refractivity contribution >= 4 is 30.1 Å². The summed E-state index contributed by atoms with van der Waals surface area (Å²) < 4.78 is 20.4. The summed E-state index contributed by atoms with van der Waals surface area (Å²) in [5.41, 5.74) is -0.00894. The summed E-state index contributed by atoms with van der Waals surface area (Å²) in [7, 11) is 0. The zero-order valence-electron chi connectivity index (χ0n) is 21.9. The number of hydrogen-bond donors (Lipinski definition) is 3. The van der Waals surface area contributed by atoms with Gasteiger partial charge in [-0.2, -0.15) is 0 Å². The number of rotatable bonds is 15. The molecule has 1 rings (SSSR count). The molecule has 38 heavy (non-hydrogen) atoms. The number of hydrogen-bond acceptors (Lipinski definition) is 9. The number of nitrogens with one attached hydrogen (secondary N) is 2. The molecule has 0 radical (unpaired) electrons. The molecule has 2 amide bonds. The van der Waals surface area contributed by atoms with Crippen LogP contribution in [0.3, 0.4) is 0 Å². The first kappa shape index (κ1) is 31.9. The molecule has 0 fully saturated rings. The van der Waals surface area contributed by atoms with Crippen molar-refractivity contribution < 1.29 is 48.0 Å². The molecule has 0 unspecified atom stereocenters. The number of benzene rings is 1. The minimum atomic E-state index is -1.24. The lowest BCUT2D eigenvalue weighted by molar-refractivity contribution is -0.149. The summed E-state index contributed by atoms with van der Waals surface area (Å²) in [6.07, 6.45) is -0.591. The third-order valence-corrected chi connectivity index (χ3v) is 4.59. The lowest BCUT2D eigenvalue weighted by Crippen LogP contribution is -2.44. The van der Waals surface area contributed by atoms with Crippen molar-refractivity contribution in [1.82, 2.24) is 10.6 Å². The van der Waals surface area contributed by atoms with Crippen LogP contribution in [0, 0.1) is 0 Å². The van der Waals surface area contributed by atoms with Gasteiger partial charge in [0.05, 0.1) is 13.2 Å². The van der Waals surface area contributed by atoms with Gasteiger partial charge >= 0.3 is 30.1 Å². The molecule has 12 heteroatoms. The van der Waals surface area contributed by atoms with Gasteiger partial charge in [0.15, 0.2) is 0 Å². The number of esters is 2. The highest BCUT2D eigenvalue weighted by Crippen LogP contribution is 2.08. The summed E-state index contributed by atoms with van der Waals surface area (Å²) in [6.45, 7) is 8.28. The molecule has 2 atom stereocenters. The molecule has 3 N–H and O–H groups in total. The Morgan fingerprint density at radius 3 is 2.05 bits per heavy atom. The molecular formula is C26H36N2O10. The first-order chi connectivity index (χ1) is 17.9. The summed E-state index contributed by atoms with van der Waals surface area (Å²) in [5, 5.41) is 13.7. The van der Waals surface area contributed by atoms with Crippen LogP contribution in [0.25, 0.3) is 0 Å². The molecule has 12 nitrogen and oxygen atoms in total. The van der Waals surface area contributed by atoms with E-state index in [4.69, 9.17) is 24.1 Å². The number of aliphatic carboxylic acids is 1. The monoisotopic (exact) mass is 536 g/mol. The average molecular weight is 537 g/mol. The van der Waals surface area contributed by atoms with Crippen LogP contribution in [0.2, 0.25) is 0 Å². The number of carbonyl (C=O) groups excluding carboxylic acids is 4. The first-order valence-electron chi connectivity index (χ1n) is 12.0. The van der Waals surface area contributed by atoms with E-state index in [0.717, 1.165) is 5.56 Å². The SMILES string of the molecule is C=CC[C@H](NC(=O)OC(C)(C)C)C(=O)OCCCOC(=O)[C@H](CCC(=O)O)NC(=O)OCc1ccccc1. The highest BCUT2D eigenvalue weighted by Gasteiger charge is 2.26. The van der Waals surface area contributed by atoms with Crippen LogP contribution < -0.4 is 10.6 Å². The van der Waals surface area contributed by atoms with Gasteiger partial charge in [0.1, 0.15) is 24.3 Å². The fraction of sp³-hybridized carbons (Fsp3) is 0.500. The fourth-order valence-corrected chi connectivity index (χ4v) is 2.86. The summed E-state index contributed by atoms with van der Waals surface area (Å²) in [5.74, 6) is -2.72. The number of alkyl carbamates (subject to hydrolysis) is 2. The van der Waals surface area contributed by atoms with Gasteiger partial charge in [-0.05, 0) is 39.2 Å². The average Bonchev–Trinajstić information content (AvgIpc) is 2.83. The second-order valence-corrected chi connectivity index (χ2v) is 9.10. The molecule has 0 aromatic heterocycles. The standard InChI is InChI=1S/C26H36N2O10/c1-5-10-19(28-25(34)38-26(2,3)4)22(31)35-15-9-16-36-23(32)20(13-14-21(29)30)27-24(33)37-17-18-11-7-6-8-12-18/h5-8,11-12,19-20H,1,9-10,13-17H2,2-4H3,(H,27,33)(H,28,34)(H,29,30)/t19-,20-/m0/s1. The molecule has 1 aromatic rings. The second-order valence-electron chi connectivity index (χ2n) is 9.10. The molecule has 0 aliphatic carbocycles. The number of amides is 2. The van der Waals surface area contributed by atoms with Gasteiger partial charge in [-0.15, -0.1) is 6.58 Å². The Morgan fingerprint density at radius 2 is 1.50 bits per heavy atom. The van der Waals surface area contributed by atoms with E-state index in [-0.39, 0.29) is 45.5 Å². The largest absolute Gasteiger partial charge is 0.481 e. The Hall–Kier alpha value is -4.09. The molecule has 0 saturated carbocycles. The Balaban J connectivity index is 2.49. The minimum absolute atomic E-state index is 0.0334. The van der Waals surface area contributed by atoms with Crippen molar-refractivity contribution in [3.05, 3.63) is 48.6 Å². The lowest BCUT2D eigenvalue weighted by atomic mass is 10.1. The van der Waals surface area contributed by atoms with Gasteiger partial charge in [-0.25, -0.2) is 19.2 Å². The highest BCUT2D eigenvalue weighted by molar-refractivity contribution is 5.82. The van der Waals surface area contributed by atoms with Gasteiger partial charge < -0.3 is 34.7 Å². The zero-order valence-corrected chi connectivity index (χ0v) is 21.9. The normalized spacial score (nSPS) is 12.3. The number of ether oxygens (including phenoxy) is 4. The lowest BCUT2D eigenvalue weighted by Gasteiger charge is -2.22. The maximum atomic E-state index is 12.4. The first-order valence-corrected chi connectivity index (χ1v) is 12.0. The van der Waals surface area contributed by atoms with Gasteiger partial charge in [0.2, 0.25) is 0 Å². The van der Waals surface area contributed by atoms with E-state index in [2.05, 4.69) is 17.2 Å². The van der Waals surface area contributed by atoms with E-state index in [1.807, 2.05) is 6.07 Å². The molecule has 0 aliphatic rings. The Labute approximate surface area is 221 Å². The highest BCUT2D eigenvalue weighted by atomic mass is 16.6. The van der Waals surface area contributed by atoms with Crippen LogP contribution >= 0.6 is 0 Å². The molecule has 210 valence electrons. The summed E-state index contributed by atoms with van der Waals surface area (Å²) >= 11 is 0. The van der Waals surface area contributed by atoms with Crippen LogP contribution in [0.15, 0.2) is 43.0 Å². The van der Waals surface area contributed by atoms with Gasteiger partial charge in [-0.3, -0.25) is 4.79 Å². The van der Waals surface area contributed by atoms with E-state index in [0.29, 0.717) is 0 Å². The van der Waals surface area contributed by atoms with E-state index in [1.54, 1.807) is 45.0 Å². The summed E-state index contributed by atoms with van der Waals surface area (Å²) in [6, 6.07) is 6.62. The number of carboxylic acid groups (broad SMARTS) is 1. The van der Waals surface area contributed by atoms with Crippen molar-refractivity contribution in [2.75, 3.05) is 13.2 Å². The molecular weight excluding hydrogens is 500 g/mol. The maximum absolute atomic E-state index is 12.4. The third kappa shape index (κ3) is 14.5. The van der Waals surface area contributed by atoms with E-state index in [1.165, 1.54) is 6.08 Å². The van der Waals surface area contributed by atoms with Gasteiger partial charge in [0, 0.05) is 12.8 Å². The van der Waals surface area contributed by atoms with E-state index >= 15 is 0 Å². The van der Waals surface area contributed by atoms with Gasteiger partial charge in [0.25, 0.3) is 0 Å². The number of carboxylic acids is 1. The summed E-state index contributed by atoms with van der Waals surface area (Å²) in [4.78, 5) is 59.7. The molecule has 0 spiro atoms. The fourth-order valence-electron chi connectivity index (χ4n) is 2.86. The maximum Gasteiger partial charge on any atom is 0.408 e. The molecule has 0 aliphatic heterocycles. The molecule has 1 aromatic carbocycles. The van der Waals surface area contributed by atoms with Crippen molar-refractivity contribution in [3.8, 4) is 0 Å². The minimum Gasteiger partial charge on any atom is -0.481 e. The molecule has 0 heterocycles. The topological polar surface area (TPSA) is 167 Å². The number of carbonyl (C=O) groups is 5. The van der Waals surface area contributed by atoms with Crippen molar-refractivity contribution in [2.24, 2.45) is 0 Å².